The third-order valence-corrected chi connectivity index (χ3v) is 2.39. The average molecular weight is 203 g/mol. The molecular formula is C11H13N3O. The Balaban J connectivity index is 2.07. The van der Waals surface area contributed by atoms with E-state index in [9.17, 15) is 4.79 Å². The lowest BCUT2D eigenvalue weighted by Crippen LogP contribution is -2.17. The topological polar surface area (TPSA) is 68.0 Å². The third-order valence-electron chi connectivity index (χ3n) is 2.39. The highest BCUT2D eigenvalue weighted by Gasteiger charge is 2.10. The number of anilines is 1. The summed E-state index contributed by atoms with van der Waals surface area (Å²) in [5.74, 6) is -0.497. The molecule has 15 heavy (non-hydrogen) atoms. The lowest BCUT2D eigenvalue weighted by atomic mass is 10.2. The van der Waals surface area contributed by atoms with E-state index in [1.54, 1.807) is 12.3 Å². The van der Waals surface area contributed by atoms with E-state index < -0.39 is 5.91 Å². The van der Waals surface area contributed by atoms with E-state index in [1.165, 1.54) is 0 Å². The Labute approximate surface area is 88.2 Å². The zero-order valence-corrected chi connectivity index (χ0v) is 8.31. The molecule has 4 nitrogen and oxygen atoms in total. The van der Waals surface area contributed by atoms with Crippen LogP contribution >= 0.6 is 0 Å². The van der Waals surface area contributed by atoms with E-state index in [1.807, 2.05) is 6.07 Å². The average Bonchev–Trinajstić information content (AvgIpc) is 2.71. The Morgan fingerprint density at radius 2 is 2.20 bits per heavy atom. The van der Waals surface area contributed by atoms with Crippen molar-refractivity contribution in [2.24, 2.45) is 5.73 Å². The van der Waals surface area contributed by atoms with Crippen molar-refractivity contribution < 1.29 is 4.79 Å². The number of carbonyl (C=O) groups excluding carboxylic acids is 1. The monoisotopic (exact) mass is 203 g/mol. The summed E-state index contributed by atoms with van der Waals surface area (Å²) in [5, 5.41) is 3.33. The first-order valence-electron chi connectivity index (χ1n) is 4.93. The Morgan fingerprint density at radius 3 is 2.87 bits per heavy atom. The standard InChI is InChI=1S/C11H13N3O/c12-11(15)10-7-9(5-6-13-10)14-8-3-1-2-4-8/h1-2,5-8H,3-4H2,(H2,12,15)(H,13,14). The first-order chi connectivity index (χ1) is 7.25. The lowest BCUT2D eigenvalue weighted by molar-refractivity contribution is 0.0995. The third kappa shape index (κ3) is 2.34. The van der Waals surface area contributed by atoms with Gasteiger partial charge in [0.05, 0.1) is 0 Å². The molecule has 1 amide bonds. The molecule has 4 heteroatoms. The molecule has 0 radical (unpaired) electrons. The van der Waals surface area contributed by atoms with E-state index >= 15 is 0 Å². The fourth-order valence-electron chi connectivity index (χ4n) is 1.63. The zero-order valence-electron chi connectivity index (χ0n) is 8.31. The molecule has 0 aliphatic heterocycles. The number of amides is 1. The van der Waals surface area contributed by atoms with E-state index in [0.29, 0.717) is 11.7 Å². The van der Waals surface area contributed by atoms with Crippen LogP contribution in [0.1, 0.15) is 23.3 Å². The number of hydrogen-bond donors (Lipinski definition) is 2. The van der Waals surface area contributed by atoms with Crippen molar-refractivity contribution in [2.45, 2.75) is 18.9 Å². The van der Waals surface area contributed by atoms with Crippen molar-refractivity contribution in [1.82, 2.24) is 4.98 Å². The minimum absolute atomic E-state index is 0.297. The van der Waals surface area contributed by atoms with E-state index in [-0.39, 0.29) is 0 Å². The number of aromatic nitrogens is 1. The van der Waals surface area contributed by atoms with Gasteiger partial charge in [0, 0.05) is 17.9 Å². The van der Waals surface area contributed by atoms with Gasteiger partial charge in [-0.15, -0.1) is 0 Å². The fraction of sp³-hybridized carbons (Fsp3) is 0.273. The van der Waals surface area contributed by atoms with Crippen LogP contribution in [-0.2, 0) is 0 Å². The summed E-state index contributed by atoms with van der Waals surface area (Å²) >= 11 is 0. The first kappa shape index (κ1) is 9.71. The Kier molecular flexibility index (Phi) is 2.67. The highest BCUT2D eigenvalue weighted by Crippen LogP contribution is 2.16. The minimum Gasteiger partial charge on any atom is -0.382 e. The van der Waals surface area contributed by atoms with Crippen molar-refractivity contribution in [3.8, 4) is 0 Å². The van der Waals surface area contributed by atoms with Gasteiger partial charge in [-0.05, 0) is 25.0 Å². The van der Waals surface area contributed by atoms with E-state index in [0.717, 1.165) is 18.5 Å². The molecule has 0 fully saturated rings. The predicted octanol–water partition coefficient (Wildman–Crippen LogP) is 1.31. The molecule has 0 aromatic carbocycles. The number of carbonyl (C=O) groups is 1. The van der Waals surface area contributed by atoms with Crippen molar-refractivity contribution >= 4 is 11.6 Å². The van der Waals surface area contributed by atoms with Crippen molar-refractivity contribution in [3.05, 3.63) is 36.2 Å². The Morgan fingerprint density at radius 1 is 1.47 bits per heavy atom. The van der Waals surface area contributed by atoms with Gasteiger partial charge in [-0.25, -0.2) is 0 Å². The van der Waals surface area contributed by atoms with Crippen LogP contribution in [0, 0.1) is 0 Å². The number of hydrogen-bond acceptors (Lipinski definition) is 3. The number of nitrogens with zero attached hydrogens (tertiary/aromatic N) is 1. The fourth-order valence-corrected chi connectivity index (χ4v) is 1.63. The largest absolute Gasteiger partial charge is 0.382 e. The quantitative estimate of drug-likeness (QED) is 0.728. The predicted molar refractivity (Wildman–Crippen MR) is 58.5 cm³/mol. The van der Waals surface area contributed by atoms with Crippen LogP contribution in [0.4, 0.5) is 5.69 Å². The molecule has 1 aliphatic rings. The SMILES string of the molecule is NC(=O)c1cc(NC2CC=CC2)ccn1. The number of rotatable bonds is 3. The summed E-state index contributed by atoms with van der Waals surface area (Å²) in [6.45, 7) is 0. The second-order valence-corrected chi connectivity index (χ2v) is 3.58. The molecule has 0 spiro atoms. The van der Waals surface area contributed by atoms with Gasteiger partial charge < -0.3 is 11.1 Å². The Bertz CT molecular complexity index is 393. The molecule has 1 aliphatic carbocycles. The van der Waals surface area contributed by atoms with Crippen LogP contribution in [0.15, 0.2) is 30.5 Å². The van der Waals surface area contributed by atoms with Gasteiger partial charge in [0.25, 0.3) is 5.91 Å². The number of nitrogens with one attached hydrogen (secondary N) is 1. The van der Waals surface area contributed by atoms with Crippen LogP contribution < -0.4 is 11.1 Å². The summed E-state index contributed by atoms with van der Waals surface area (Å²) < 4.78 is 0. The number of pyridine rings is 1. The van der Waals surface area contributed by atoms with Gasteiger partial charge in [0.15, 0.2) is 0 Å². The van der Waals surface area contributed by atoms with Crippen LogP contribution in [0.5, 0.6) is 0 Å². The maximum absolute atomic E-state index is 10.9. The minimum atomic E-state index is -0.497. The van der Waals surface area contributed by atoms with Gasteiger partial charge >= 0.3 is 0 Å². The summed E-state index contributed by atoms with van der Waals surface area (Å²) in [6.07, 6.45) is 7.93. The summed E-state index contributed by atoms with van der Waals surface area (Å²) in [5.41, 5.74) is 6.34. The number of primary amides is 1. The molecule has 1 heterocycles. The van der Waals surface area contributed by atoms with Crippen molar-refractivity contribution in [1.29, 1.82) is 0 Å². The van der Waals surface area contributed by atoms with Crippen LogP contribution in [0.25, 0.3) is 0 Å². The Hall–Kier alpha value is -1.84. The molecule has 0 unspecified atom stereocenters. The van der Waals surface area contributed by atoms with Crippen molar-refractivity contribution in [2.75, 3.05) is 5.32 Å². The van der Waals surface area contributed by atoms with Crippen molar-refractivity contribution in [3.63, 3.8) is 0 Å². The first-order valence-corrected chi connectivity index (χ1v) is 4.93. The molecule has 78 valence electrons. The van der Waals surface area contributed by atoms with E-state index in [4.69, 9.17) is 5.73 Å². The second-order valence-electron chi connectivity index (χ2n) is 3.58. The summed E-state index contributed by atoms with van der Waals surface area (Å²) in [6, 6.07) is 3.94. The highest BCUT2D eigenvalue weighted by atomic mass is 16.1. The molecule has 2 rings (SSSR count). The second kappa shape index (κ2) is 4.13. The molecular weight excluding hydrogens is 190 g/mol. The molecule has 0 saturated carbocycles. The molecule has 0 saturated heterocycles. The maximum Gasteiger partial charge on any atom is 0.267 e. The van der Waals surface area contributed by atoms with Crippen LogP contribution in [0.2, 0.25) is 0 Å². The van der Waals surface area contributed by atoms with Gasteiger partial charge in [-0.1, -0.05) is 12.2 Å². The zero-order chi connectivity index (χ0) is 10.7. The molecule has 0 atom stereocenters. The lowest BCUT2D eigenvalue weighted by Gasteiger charge is -2.13. The summed E-state index contributed by atoms with van der Waals surface area (Å²) in [7, 11) is 0. The molecule has 0 bridgehead atoms. The van der Waals surface area contributed by atoms with E-state index in [2.05, 4.69) is 22.5 Å². The highest BCUT2D eigenvalue weighted by molar-refractivity contribution is 5.91. The van der Waals surface area contributed by atoms with Crippen LogP contribution in [-0.4, -0.2) is 16.9 Å². The van der Waals surface area contributed by atoms with Gasteiger partial charge in [-0.2, -0.15) is 0 Å². The number of nitrogens with two attached hydrogens (primary N) is 1. The van der Waals surface area contributed by atoms with Gasteiger partial charge in [0.1, 0.15) is 5.69 Å². The summed E-state index contributed by atoms with van der Waals surface area (Å²) in [4.78, 5) is 14.8. The normalized spacial score (nSPS) is 15.5. The smallest absolute Gasteiger partial charge is 0.267 e. The molecule has 1 aromatic heterocycles. The molecule has 3 N–H and O–H groups in total. The van der Waals surface area contributed by atoms with Gasteiger partial charge in [-0.3, -0.25) is 9.78 Å². The molecule has 1 aromatic rings. The van der Waals surface area contributed by atoms with Crippen LogP contribution in [0.3, 0.4) is 0 Å². The maximum atomic E-state index is 10.9. The van der Waals surface area contributed by atoms with Gasteiger partial charge in [0.2, 0.25) is 0 Å².